The number of carbonyl (C=O) groups excluding carboxylic acids is 1. The van der Waals surface area contributed by atoms with Gasteiger partial charge in [-0.3, -0.25) is 14.1 Å². The Bertz CT molecular complexity index is 1510. The van der Waals surface area contributed by atoms with Gasteiger partial charge in [0.25, 0.3) is 10.1 Å². The zero-order chi connectivity index (χ0) is 25.3. The van der Waals surface area contributed by atoms with Crippen LogP contribution >= 0.6 is 0 Å². The topological polar surface area (TPSA) is 104 Å². The Kier molecular flexibility index (Phi) is 6.25. The maximum Gasteiger partial charge on any atom is 0.414 e. The highest BCUT2D eigenvalue weighted by Crippen LogP contribution is 2.27. The van der Waals surface area contributed by atoms with E-state index in [0.29, 0.717) is 5.69 Å². The Hall–Kier alpha value is -4.09. The third-order valence-electron chi connectivity index (χ3n) is 5.63. The minimum Gasteiger partial charge on any atom is -0.441 e. The van der Waals surface area contributed by atoms with Crippen LogP contribution in [0.5, 0.6) is 0 Å². The summed E-state index contributed by atoms with van der Waals surface area (Å²) in [6.45, 7) is 1.49. The summed E-state index contributed by atoms with van der Waals surface area (Å²) in [7, 11) is -4.01. The molecule has 0 saturated carbocycles. The lowest BCUT2D eigenvalue weighted by Gasteiger charge is -2.14. The predicted molar refractivity (Wildman–Crippen MR) is 129 cm³/mol. The van der Waals surface area contributed by atoms with Crippen molar-refractivity contribution in [2.24, 2.45) is 0 Å². The fraction of sp³-hybridized carbons (Fsp3) is 0.160. The second kappa shape index (κ2) is 9.51. The van der Waals surface area contributed by atoms with Gasteiger partial charge in [-0.05, 0) is 49.4 Å². The number of benzene rings is 2. The molecule has 2 aromatic carbocycles. The highest BCUT2D eigenvalue weighted by Gasteiger charge is 2.34. The number of aryl methyl sites for hydroxylation is 1. The Balaban J connectivity index is 1.26. The van der Waals surface area contributed by atoms with Gasteiger partial charge in [0.05, 0.1) is 29.0 Å². The Morgan fingerprint density at radius 3 is 2.67 bits per heavy atom. The first-order chi connectivity index (χ1) is 17.3. The summed E-state index contributed by atoms with van der Waals surface area (Å²) < 4.78 is 51.5. The van der Waals surface area contributed by atoms with Gasteiger partial charge in [-0.25, -0.2) is 13.9 Å². The zero-order valence-corrected chi connectivity index (χ0v) is 19.9. The lowest BCUT2D eigenvalue weighted by atomic mass is 10.2. The number of anilines is 1. The molecule has 1 aliphatic rings. The summed E-state index contributed by atoms with van der Waals surface area (Å²) in [6, 6.07) is 15.9. The lowest BCUT2D eigenvalue weighted by molar-refractivity contribution is 0.107. The number of carbonyl (C=O) groups is 1. The first-order valence-corrected chi connectivity index (χ1v) is 12.4. The molecular formula is C25H21FN4O5S. The molecule has 0 unspecified atom stereocenters. The first kappa shape index (κ1) is 23.6. The third kappa shape index (κ3) is 4.83. The molecule has 3 heterocycles. The van der Waals surface area contributed by atoms with E-state index in [9.17, 15) is 17.6 Å². The average Bonchev–Trinajstić information content (AvgIpc) is 3.51. The van der Waals surface area contributed by atoms with Gasteiger partial charge >= 0.3 is 6.09 Å². The minimum absolute atomic E-state index is 0.00658. The second-order valence-electron chi connectivity index (χ2n) is 8.19. The van der Waals surface area contributed by atoms with E-state index in [0.717, 1.165) is 11.1 Å². The quantitative estimate of drug-likeness (QED) is 0.346. The molecule has 1 aliphatic heterocycles. The lowest BCUT2D eigenvalue weighted by Crippen LogP contribution is -2.26. The highest BCUT2D eigenvalue weighted by atomic mass is 32.2. The van der Waals surface area contributed by atoms with Crippen LogP contribution in [0.25, 0.3) is 16.9 Å². The fourth-order valence-electron chi connectivity index (χ4n) is 3.73. The monoisotopic (exact) mass is 508 g/mol. The van der Waals surface area contributed by atoms with Gasteiger partial charge in [0, 0.05) is 18.0 Å². The number of hydrogen-bond donors (Lipinski definition) is 0. The zero-order valence-electron chi connectivity index (χ0n) is 19.1. The molecule has 1 amide bonds. The van der Waals surface area contributed by atoms with Crippen molar-refractivity contribution in [1.82, 2.24) is 14.8 Å². The third-order valence-corrected chi connectivity index (χ3v) is 6.92. The minimum atomic E-state index is -4.01. The summed E-state index contributed by atoms with van der Waals surface area (Å²) in [5, 5.41) is 4.21. The molecule has 4 aromatic rings. The van der Waals surface area contributed by atoms with Crippen molar-refractivity contribution < 1.29 is 26.5 Å². The number of hydrogen-bond acceptors (Lipinski definition) is 7. The summed E-state index contributed by atoms with van der Waals surface area (Å²) in [6.07, 6.45) is 3.34. The summed E-state index contributed by atoms with van der Waals surface area (Å²) in [4.78, 5) is 17.9. The van der Waals surface area contributed by atoms with Crippen molar-refractivity contribution in [3.63, 3.8) is 0 Å². The normalized spacial score (nSPS) is 15.8. The van der Waals surface area contributed by atoms with Gasteiger partial charge in [-0.1, -0.05) is 23.8 Å². The molecule has 0 aliphatic carbocycles. The summed E-state index contributed by atoms with van der Waals surface area (Å²) in [5.74, 6) is -0.599. The van der Waals surface area contributed by atoms with E-state index in [-0.39, 0.29) is 29.4 Å². The smallest absolute Gasteiger partial charge is 0.414 e. The van der Waals surface area contributed by atoms with E-state index in [1.165, 1.54) is 33.8 Å². The number of halogens is 1. The maximum atomic E-state index is 15.0. The van der Waals surface area contributed by atoms with Crippen molar-refractivity contribution in [2.45, 2.75) is 17.9 Å². The van der Waals surface area contributed by atoms with Crippen molar-refractivity contribution in [3.8, 4) is 16.9 Å². The number of cyclic esters (lactones) is 1. The molecule has 184 valence electrons. The second-order valence-corrected chi connectivity index (χ2v) is 9.81. The molecule has 36 heavy (non-hydrogen) atoms. The molecule has 0 radical (unpaired) electrons. The summed E-state index contributed by atoms with van der Waals surface area (Å²) in [5.41, 5.74) is 2.80. The van der Waals surface area contributed by atoms with Crippen LogP contribution in [0.15, 0.2) is 84.1 Å². The molecule has 0 N–H and O–H groups in total. The van der Waals surface area contributed by atoms with E-state index in [1.807, 2.05) is 19.1 Å². The van der Waals surface area contributed by atoms with E-state index >= 15 is 0 Å². The van der Waals surface area contributed by atoms with Crippen molar-refractivity contribution in [1.29, 1.82) is 0 Å². The standard InChI is InChI=1S/C25H21FN4O5S/c1-17-5-8-21(9-6-17)36(32,33)34-16-20-15-29(25(31)35-20)19-7-10-24(22(26)12-19)30-14-18(13-28-30)23-4-2-3-11-27-23/h2-14,20H,15-16H2,1H3/t20-/m1/s1. The molecular weight excluding hydrogens is 487 g/mol. The van der Waals surface area contributed by atoms with E-state index < -0.39 is 28.1 Å². The van der Waals surface area contributed by atoms with Gasteiger partial charge in [-0.2, -0.15) is 13.5 Å². The molecule has 11 heteroatoms. The van der Waals surface area contributed by atoms with Crippen molar-refractivity contribution in [2.75, 3.05) is 18.1 Å². The van der Waals surface area contributed by atoms with Gasteiger partial charge in [-0.15, -0.1) is 0 Å². The molecule has 0 spiro atoms. The van der Waals surface area contributed by atoms with Gasteiger partial charge in [0.1, 0.15) is 18.4 Å². The molecule has 2 aromatic heterocycles. The van der Waals surface area contributed by atoms with Crippen LogP contribution in [0.1, 0.15) is 5.56 Å². The SMILES string of the molecule is Cc1ccc(S(=O)(=O)OC[C@H]2CN(c3ccc(-n4cc(-c5ccccn5)cn4)c(F)c3)C(=O)O2)cc1. The van der Waals surface area contributed by atoms with E-state index in [1.54, 1.807) is 42.9 Å². The molecule has 5 rings (SSSR count). The van der Waals surface area contributed by atoms with Gasteiger partial charge in [0.15, 0.2) is 5.82 Å². The predicted octanol–water partition coefficient (Wildman–Crippen LogP) is 4.11. The Labute approximate surface area is 206 Å². The van der Waals surface area contributed by atoms with E-state index in [4.69, 9.17) is 8.92 Å². The van der Waals surface area contributed by atoms with Crippen molar-refractivity contribution >= 4 is 21.9 Å². The van der Waals surface area contributed by atoms with Crippen LogP contribution in [0.2, 0.25) is 0 Å². The fourth-order valence-corrected chi connectivity index (χ4v) is 4.66. The van der Waals surface area contributed by atoms with Crippen LogP contribution in [0.4, 0.5) is 14.9 Å². The maximum absolute atomic E-state index is 15.0. The Morgan fingerprint density at radius 2 is 1.94 bits per heavy atom. The number of ether oxygens (including phenoxy) is 1. The largest absolute Gasteiger partial charge is 0.441 e. The van der Waals surface area contributed by atoms with E-state index in [2.05, 4.69) is 10.1 Å². The molecule has 0 bridgehead atoms. The molecule has 1 atom stereocenters. The average molecular weight is 509 g/mol. The highest BCUT2D eigenvalue weighted by molar-refractivity contribution is 7.86. The van der Waals surface area contributed by atoms with Crippen LogP contribution in [0, 0.1) is 12.7 Å². The molecule has 1 fully saturated rings. The number of nitrogens with zero attached hydrogens (tertiary/aromatic N) is 4. The molecule has 9 nitrogen and oxygen atoms in total. The first-order valence-electron chi connectivity index (χ1n) is 11.0. The number of pyridine rings is 1. The number of aromatic nitrogens is 3. The number of rotatable bonds is 7. The van der Waals surface area contributed by atoms with Crippen molar-refractivity contribution in [3.05, 3.63) is 90.6 Å². The van der Waals surface area contributed by atoms with Crippen LogP contribution < -0.4 is 4.90 Å². The molecule has 1 saturated heterocycles. The summed E-state index contributed by atoms with van der Waals surface area (Å²) >= 11 is 0. The van der Waals surface area contributed by atoms with Gasteiger partial charge in [0.2, 0.25) is 0 Å². The number of amides is 1. The van der Waals surface area contributed by atoms with Gasteiger partial charge < -0.3 is 4.74 Å². The Morgan fingerprint density at radius 1 is 1.14 bits per heavy atom. The van der Waals surface area contributed by atoms with Crippen LogP contribution in [-0.2, 0) is 19.0 Å². The van der Waals surface area contributed by atoms with Crippen LogP contribution in [-0.4, -0.2) is 48.5 Å². The van der Waals surface area contributed by atoms with Crippen LogP contribution in [0.3, 0.4) is 0 Å².